The molecule has 2 aromatic rings. The number of imidazole rings is 1. The smallest absolute Gasteiger partial charge is 0.123 e. The molecule has 0 bridgehead atoms. The fourth-order valence-electron chi connectivity index (χ4n) is 1.88. The lowest BCUT2D eigenvalue weighted by Crippen LogP contribution is -2.27. The number of fused-ring (bicyclic) bond motifs is 1. The van der Waals surface area contributed by atoms with Crippen LogP contribution in [0.1, 0.15) is 11.5 Å². The van der Waals surface area contributed by atoms with Gasteiger partial charge in [-0.25, -0.2) is 4.98 Å². The molecule has 6 heteroatoms. The Morgan fingerprint density at radius 1 is 1.44 bits per heavy atom. The van der Waals surface area contributed by atoms with E-state index in [0.717, 1.165) is 37.7 Å². The van der Waals surface area contributed by atoms with Crippen LogP contribution in [0.15, 0.2) is 24.7 Å². The molecule has 0 saturated heterocycles. The molecular weight excluding hydrogens is 226 g/mol. The predicted octanol–water partition coefficient (Wildman–Crippen LogP) is 0.653. The van der Waals surface area contributed by atoms with Gasteiger partial charge in [-0.2, -0.15) is 5.10 Å². The number of nitrogens with one attached hydrogen (secondary N) is 1. The Hall–Kier alpha value is -1.33. The molecule has 3 rings (SSSR count). The normalized spacial score (nSPS) is 14.2. The Morgan fingerprint density at radius 2 is 2.38 bits per heavy atom. The highest BCUT2D eigenvalue weighted by Crippen LogP contribution is 2.07. The van der Waals surface area contributed by atoms with Crippen LogP contribution < -0.4 is 5.32 Å². The molecule has 0 fully saturated rings. The second-order valence-electron chi connectivity index (χ2n) is 3.72. The van der Waals surface area contributed by atoms with Crippen molar-refractivity contribution in [3.63, 3.8) is 0 Å². The van der Waals surface area contributed by atoms with Crippen LogP contribution in [-0.4, -0.2) is 25.9 Å². The van der Waals surface area contributed by atoms with Crippen molar-refractivity contribution in [2.45, 2.75) is 19.6 Å². The minimum Gasteiger partial charge on any atom is -0.332 e. The van der Waals surface area contributed by atoms with Gasteiger partial charge in [0.15, 0.2) is 0 Å². The van der Waals surface area contributed by atoms with Gasteiger partial charge in [-0.15, -0.1) is 12.4 Å². The molecule has 1 aliphatic rings. The number of hydrogen-bond donors (Lipinski definition) is 1. The van der Waals surface area contributed by atoms with Crippen molar-refractivity contribution in [1.29, 1.82) is 0 Å². The Bertz CT molecular complexity index is 424. The van der Waals surface area contributed by atoms with E-state index in [0.29, 0.717) is 0 Å². The molecule has 0 aliphatic carbocycles. The van der Waals surface area contributed by atoms with E-state index < -0.39 is 0 Å². The number of nitrogens with zero attached hydrogens (tertiary/aromatic N) is 4. The standard InChI is InChI=1S/C10H13N5.ClH/c1-2-12-15(4-1)8-9-7-14-5-3-11-6-10(14)13-9;/h1-2,4,7,11H,3,5-6,8H2;1H. The van der Waals surface area contributed by atoms with Gasteiger partial charge in [-0.3, -0.25) is 4.68 Å². The van der Waals surface area contributed by atoms with Crippen LogP contribution in [-0.2, 0) is 19.6 Å². The van der Waals surface area contributed by atoms with E-state index in [-0.39, 0.29) is 12.4 Å². The Morgan fingerprint density at radius 3 is 3.12 bits per heavy atom. The monoisotopic (exact) mass is 239 g/mol. The molecular formula is C10H14ClN5. The van der Waals surface area contributed by atoms with E-state index in [2.05, 4.69) is 26.2 Å². The van der Waals surface area contributed by atoms with Crippen molar-refractivity contribution in [2.75, 3.05) is 6.54 Å². The number of halogens is 1. The van der Waals surface area contributed by atoms with Crippen molar-refractivity contribution >= 4 is 12.4 Å². The van der Waals surface area contributed by atoms with E-state index in [1.807, 2.05) is 16.9 Å². The van der Waals surface area contributed by atoms with E-state index in [1.54, 1.807) is 6.20 Å². The summed E-state index contributed by atoms with van der Waals surface area (Å²) in [5, 5.41) is 7.48. The lowest BCUT2D eigenvalue weighted by molar-refractivity contribution is 0.505. The summed E-state index contributed by atoms with van der Waals surface area (Å²) in [6, 6.07) is 1.93. The molecule has 3 heterocycles. The molecule has 0 amide bonds. The van der Waals surface area contributed by atoms with E-state index in [4.69, 9.17) is 0 Å². The molecule has 16 heavy (non-hydrogen) atoms. The van der Waals surface area contributed by atoms with Crippen molar-refractivity contribution in [2.24, 2.45) is 0 Å². The number of aromatic nitrogens is 4. The summed E-state index contributed by atoms with van der Waals surface area (Å²) < 4.78 is 4.11. The summed E-state index contributed by atoms with van der Waals surface area (Å²) in [6.07, 6.45) is 5.87. The van der Waals surface area contributed by atoms with Crippen LogP contribution in [0.4, 0.5) is 0 Å². The summed E-state index contributed by atoms with van der Waals surface area (Å²) in [4.78, 5) is 4.57. The third kappa shape index (κ3) is 2.10. The van der Waals surface area contributed by atoms with Crippen LogP contribution in [0.2, 0.25) is 0 Å². The number of hydrogen-bond acceptors (Lipinski definition) is 3. The maximum absolute atomic E-state index is 4.57. The van der Waals surface area contributed by atoms with Crippen molar-refractivity contribution in [1.82, 2.24) is 24.6 Å². The largest absolute Gasteiger partial charge is 0.332 e. The molecule has 0 saturated carbocycles. The summed E-state index contributed by atoms with van der Waals surface area (Å²) in [5.74, 6) is 1.13. The highest BCUT2D eigenvalue weighted by molar-refractivity contribution is 5.85. The van der Waals surface area contributed by atoms with Gasteiger partial charge >= 0.3 is 0 Å². The van der Waals surface area contributed by atoms with Gasteiger partial charge < -0.3 is 9.88 Å². The molecule has 0 spiro atoms. The minimum atomic E-state index is 0. The van der Waals surface area contributed by atoms with Gasteiger partial charge in [-0.1, -0.05) is 0 Å². The molecule has 5 nitrogen and oxygen atoms in total. The van der Waals surface area contributed by atoms with Gasteiger partial charge in [0.1, 0.15) is 5.82 Å². The van der Waals surface area contributed by atoms with E-state index >= 15 is 0 Å². The van der Waals surface area contributed by atoms with Crippen LogP contribution >= 0.6 is 12.4 Å². The Kier molecular flexibility index (Phi) is 3.26. The van der Waals surface area contributed by atoms with Crippen LogP contribution in [0.25, 0.3) is 0 Å². The van der Waals surface area contributed by atoms with E-state index in [9.17, 15) is 0 Å². The Balaban J connectivity index is 0.000000963. The second kappa shape index (κ2) is 4.67. The topological polar surface area (TPSA) is 47.7 Å². The zero-order chi connectivity index (χ0) is 10.1. The maximum Gasteiger partial charge on any atom is 0.123 e. The zero-order valence-electron chi connectivity index (χ0n) is 8.83. The Labute approximate surface area is 99.9 Å². The molecule has 0 unspecified atom stereocenters. The molecule has 1 aliphatic heterocycles. The van der Waals surface area contributed by atoms with Crippen LogP contribution in [0.3, 0.4) is 0 Å². The molecule has 0 atom stereocenters. The van der Waals surface area contributed by atoms with Gasteiger partial charge in [0.05, 0.1) is 18.8 Å². The highest BCUT2D eigenvalue weighted by atomic mass is 35.5. The van der Waals surface area contributed by atoms with E-state index in [1.165, 1.54) is 0 Å². The van der Waals surface area contributed by atoms with Crippen LogP contribution in [0.5, 0.6) is 0 Å². The average molecular weight is 240 g/mol. The molecule has 0 aromatic carbocycles. The maximum atomic E-state index is 4.57. The lowest BCUT2D eigenvalue weighted by Gasteiger charge is -2.13. The highest BCUT2D eigenvalue weighted by Gasteiger charge is 2.11. The molecule has 86 valence electrons. The van der Waals surface area contributed by atoms with Crippen LogP contribution in [0, 0.1) is 0 Å². The fraction of sp³-hybridized carbons (Fsp3) is 0.400. The first-order chi connectivity index (χ1) is 7.42. The third-order valence-electron chi connectivity index (χ3n) is 2.60. The average Bonchev–Trinajstić information content (AvgIpc) is 2.86. The summed E-state index contributed by atoms with van der Waals surface area (Å²) in [6.45, 7) is 3.68. The predicted molar refractivity (Wildman–Crippen MR) is 62.5 cm³/mol. The molecule has 0 radical (unpaired) electrons. The quantitative estimate of drug-likeness (QED) is 0.837. The van der Waals surface area contributed by atoms with Gasteiger partial charge in [0.25, 0.3) is 0 Å². The van der Waals surface area contributed by atoms with Gasteiger partial charge in [0, 0.05) is 31.7 Å². The second-order valence-corrected chi connectivity index (χ2v) is 3.72. The molecule has 1 N–H and O–H groups in total. The van der Waals surface area contributed by atoms with Crippen molar-refractivity contribution in [3.8, 4) is 0 Å². The SMILES string of the molecule is Cl.c1cnn(Cc2cn3c(n2)CNCC3)c1. The van der Waals surface area contributed by atoms with Gasteiger partial charge in [-0.05, 0) is 6.07 Å². The summed E-state index contributed by atoms with van der Waals surface area (Å²) in [5.41, 5.74) is 1.08. The number of rotatable bonds is 2. The lowest BCUT2D eigenvalue weighted by atomic mass is 10.4. The minimum absolute atomic E-state index is 0. The zero-order valence-corrected chi connectivity index (χ0v) is 9.65. The summed E-state index contributed by atoms with van der Waals surface area (Å²) >= 11 is 0. The molecule has 2 aromatic heterocycles. The first-order valence-electron chi connectivity index (χ1n) is 5.15. The van der Waals surface area contributed by atoms with Gasteiger partial charge in [0.2, 0.25) is 0 Å². The third-order valence-corrected chi connectivity index (χ3v) is 2.60. The first kappa shape index (κ1) is 11.2. The first-order valence-corrected chi connectivity index (χ1v) is 5.15. The van der Waals surface area contributed by atoms with Crippen molar-refractivity contribution < 1.29 is 0 Å². The van der Waals surface area contributed by atoms with Crippen molar-refractivity contribution in [3.05, 3.63) is 36.2 Å². The fourth-order valence-corrected chi connectivity index (χ4v) is 1.88. The summed E-state index contributed by atoms with van der Waals surface area (Å²) in [7, 11) is 0.